The van der Waals surface area contributed by atoms with Crippen LogP contribution in [0.25, 0.3) is 16.7 Å². The minimum atomic E-state index is -0.208. The number of carbonyl (C=O) groups excluding carboxylic acids is 1. The second-order valence-corrected chi connectivity index (χ2v) is 6.40. The van der Waals surface area contributed by atoms with Gasteiger partial charge in [0.2, 0.25) is 0 Å². The topological polar surface area (TPSA) is 69.0 Å². The van der Waals surface area contributed by atoms with Crippen molar-refractivity contribution in [3.63, 3.8) is 0 Å². The van der Waals surface area contributed by atoms with E-state index in [0.717, 1.165) is 17.6 Å². The van der Waals surface area contributed by atoms with Gasteiger partial charge in [-0.25, -0.2) is 0 Å². The number of aromatic nitrogens is 3. The average Bonchev–Trinajstić information content (AvgIpc) is 3.17. The minimum Gasteiger partial charge on any atom is -0.497 e. The Morgan fingerprint density at radius 2 is 1.79 bits per heavy atom. The van der Waals surface area contributed by atoms with E-state index in [9.17, 15) is 4.79 Å². The summed E-state index contributed by atoms with van der Waals surface area (Å²) in [5.41, 5.74) is 4.83. The number of hydrogen-bond acceptors (Lipinski definition) is 4. The minimum absolute atomic E-state index is 0.208. The molecule has 0 aliphatic carbocycles. The summed E-state index contributed by atoms with van der Waals surface area (Å²) >= 11 is 0. The summed E-state index contributed by atoms with van der Waals surface area (Å²) in [4.78, 5) is 14.1. The molecule has 0 radical (unpaired) electrons. The molecule has 0 bridgehead atoms. The second kappa shape index (κ2) is 7.52. The smallest absolute Gasteiger partial charge is 0.255 e. The zero-order chi connectivity index (χ0) is 19.5. The van der Waals surface area contributed by atoms with Crippen molar-refractivity contribution in [2.45, 2.75) is 13.3 Å². The predicted octanol–water partition coefficient (Wildman–Crippen LogP) is 4.24. The molecular weight excluding hydrogens is 352 g/mol. The zero-order valence-electron chi connectivity index (χ0n) is 15.7. The highest BCUT2D eigenvalue weighted by atomic mass is 16.5. The Morgan fingerprint density at radius 3 is 2.54 bits per heavy atom. The van der Waals surface area contributed by atoms with E-state index >= 15 is 0 Å². The molecule has 4 aromatic rings. The van der Waals surface area contributed by atoms with Crippen LogP contribution in [-0.2, 0) is 6.42 Å². The predicted molar refractivity (Wildman–Crippen MR) is 109 cm³/mol. The van der Waals surface area contributed by atoms with Gasteiger partial charge in [0.25, 0.3) is 5.91 Å². The molecule has 1 amide bonds. The molecule has 0 saturated carbocycles. The molecule has 0 fully saturated rings. The number of nitrogens with one attached hydrogen (secondary N) is 1. The molecule has 6 nitrogen and oxygen atoms in total. The quantitative estimate of drug-likeness (QED) is 0.569. The largest absolute Gasteiger partial charge is 0.497 e. The van der Waals surface area contributed by atoms with Crippen LogP contribution in [0.15, 0.2) is 66.7 Å². The van der Waals surface area contributed by atoms with Crippen molar-refractivity contribution in [1.82, 2.24) is 15.0 Å². The van der Waals surface area contributed by atoms with E-state index < -0.39 is 0 Å². The maximum Gasteiger partial charge on any atom is 0.255 e. The Kier molecular flexibility index (Phi) is 4.76. The first-order valence-electron chi connectivity index (χ1n) is 9.08. The maximum absolute atomic E-state index is 12.5. The zero-order valence-corrected chi connectivity index (χ0v) is 15.7. The number of nitrogens with zero attached hydrogens (tertiary/aromatic N) is 3. The lowest BCUT2D eigenvalue weighted by molar-refractivity contribution is 0.102. The fourth-order valence-corrected chi connectivity index (χ4v) is 2.94. The first kappa shape index (κ1) is 17.7. The van der Waals surface area contributed by atoms with Crippen LogP contribution in [0.3, 0.4) is 0 Å². The van der Waals surface area contributed by atoms with Crippen LogP contribution in [0.1, 0.15) is 22.8 Å². The van der Waals surface area contributed by atoms with E-state index in [2.05, 4.69) is 34.6 Å². The first-order chi connectivity index (χ1) is 13.7. The molecule has 0 unspecified atom stereocenters. The summed E-state index contributed by atoms with van der Waals surface area (Å²) in [5, 5.41) is 12.0. The van der Waals surface area contributed by atoms with E-state index in [-0.39, 0.29) is 5.91 Å². The van der Waals surface area contributed by atoms with Crippen molar-refractivity contribution in [2.24, 2.45) is 0 Å². The van der Waals surface area contributed by atoms with Crippen molar-refractivity contribution in [2.75, 3.05) is 12.4 Å². The number of ether oxygens (including phenoxy) is 1. The molecule has 0 saturated heterocycles. The number of aryl methyl sites for hydroxylation is 1. The fraction of sp³-hybridized carbons (Fsp3) is 0.136. The van der Waals surface area contributed by atoms with Crippen LogP contribution < -0.4 is 10.1 Å². The molecule has 1 N–H and O–H groups in total. The molecule has 3 aromatic carbocycles. The number of anilines is 1. The summed E-state index contributed by atoms with van der Waals surface area (Å²) in [6.45, 7) is 2.12. The van der Waals surface area contributed by atoms with Gasteiger partial charge in [0, 0.05) is 11.3 Å². The Bertz CT molecular complexity index is 1130. The van der Waals surface area contributed by atoms with Crippen molar-refractivity contribution in [3.8, 4) is 11.4 Å². The van der Waals surface area contributed by atoms with Crippen LogP contribution in [0.5, 0.6) is 5.75 Å². The van der Waals surface area contributed by atoms with E-state index in [1.165, 1.54) is 5.56 Å². The lowest BCUT2D eigenvalue weighted by atomic mass is 10.2. The summed E-state index contributed by atoms with van der Waals surface area (Å²) in [5.74, 6) is 0.431. The van der Waals surface area contributed by atoms with Crippen molar-refractivity contribution < 1.29 is 9.53 Å². The van der Waals surface area contributed by atoms with Crippen molar-refractivity contribution in [1.29, 1.82) is 0 Å². The molecule has 0 atom stereocenters. The molecule has 0 aliphatic rings. The maximum atomic E-state index is 12.5. The van der Waals surface area contributed by atoms with Gasteiger partial charge in [-0.15, -0.1) is 10.2 Å². The fourth-order valence-electron chi connectivity index (χ4n) is 2.94. The molecule has 28 heavy (non-hydrogen) atoms. The van der Waals surface area contributed by atoms with Crippen molar-refractivity contribution in [3.05, 3.63) is 77.9 Å². The van der Waals surface area contributed by atoms with Crippen LogP contribution in [0.4, 0.5) is 5.69 Å². The van der Waals surface area contributed by atoms with Gasteiger partial charge in [-0.3, -0.25) is 4.79 Å². The SMILES string of the molecule is CCc1ccc(-n2nc3ccc(NC(=O)c4cccc(OC)c4)cc3n2)cc1. The van der Waals surface area contributed by atoms with Crippen LogP contribution in [-0.4, -0.2) is 28.0 Å². The number of amides is 1. The summed E-state index contributed by atoms with van der Waals surface area (Å²) in [6.07, 6.45) is 0.991. The van der Waals surface area contributed by atoms with Crippen molar-refractivity contribution >= 4 is 22.6 Å². The van der Waals surface area contributed by atoms with Crippen LogP contribution >= 0.6 is 0 Å². The third-order valence-electron chi connectivity index (χ3n) is 4.55. The van der Waals surface area contributed by atoms with E-state index in [0.29, 0.717) is 22.5 Å². The standard InChI is InChI=1S/C22H20N4O2/c1-3-15-7-10-18(11-8-15)26-24-20-12-9-17(14-21(20)25-26)23-22(27)16-5-4-6-19(13-16)28-2/h4-14H,3H2,1-2H3,(H,23,27). The monoisotopic (exact) mass is 372 g/mol. The van der Waals surface area contributed by atoms with Gasteiger partial charge in [-0.1, -0.05) is 25.1 Å². The van der Waals surface area contributed by atoms with E-state index in [1.807, 2.05) is 30.3 Å². The first-order valence-corrected chi connectivity index (χ1v) is 9.08. The highest BCUT2D eigenvalue weighted by molar-refractivity contribution is 6.05. The lowest BCUT2D eigenvalue weighted by Crippen LogP contribution is -2.11. The Balaban J connectivity index is 1.58. The van der Waals surface area contributed by atoms with Gasteiger partial charge < -0.3 is 10.1 Å². The third kappa shape index (κ3) is 3.57. The number of methoxy groups -OCH3 is 1. The van der Waals surface area contributed by atoms with Gasteiger partial charge in [0.1, 0.15) is 16.8 Å². The van der Waals surface area contributed by atoms with Gasteiger partial charge in [-0.2, -0.15) is 4.80 Å². The summed E-state index contributed by atoms with van der Waals surface area (Å²) in [7, 11) is 1.57. The number of fused-ring (bicyclic) bond motifs is 1. The van der Waals surface area contributed by atoms with Crippen LogP contribution in [0, 0.1) is 0 Å². The number of benzene rings is 3. The summed E-state index contributed by atoms with van der Waals surface area (Å²) in [6, 6.07) is 20.7. The molecular formula is C22H20N4O2. The van der Waals surface area contributed by atoms with E-state index in [4.69, 9.17) is 4.74 Å². The highest BCUT2D eigenvalue weighted by Gasteiger charge is 2.10. The number of rotatable bonds is 5. The lowest BCUT2D eigenvalue weighted by Gasteiger charge is -2.06. The second-order valence-electron chi connectivity index (χ2n) is 6.40. The molecule has 1 heterocycles. The van der Waals surface area contributed by atoms with Gasteiger partial charge in [0.15, 0.2) is 0 Å². The van der Waals surface area contributed by atoms with E-state index in [1.54, 1.807) is 36.2 Å². The highest BCUT2D eigenvalue weighted by Crippen LogP contribution is 2.19. The Morgan fingerprint density at radius 1 is 1.00 bits per heavy atom. The average molecular weight is 372 g/mol. The van der Waals surface area contributed by atoms with Gasteiger partial charge in [0.05, 0.1) is 12.8 Å². The van der Waals surface area contributed by atoms with Crippen LogP contribution in [0.2, 0.25) is 0 Å². The number of hydrogen-bond donors (Lipinski definition) is 1. The number of carbonyl (C=O) groups is 1. The molecule has 0 spiro atoms. The molecule has 140 valence electrons. The van der Waals surface area contributed by atoms with Gasteiger partial charge in [-0.05, 0) is 60.5 Å². The molecule has 1 aromatic heterocycles. The third-order valence-corrected chi connectivity index (χ3v) is 4.55. The Labute approximate surface area is 162 Å². The molecule has 6 heteroatoms. The molecule has 0 aliphatic heterocycles. The Hall–Kier alpha value is -3.67. The normalized spacial score (nSPS) is 10.8. The van der Waals surface area contributed by atoms with Gasteiger partial charge >= 0.3 is 0 Å². The summed E-state index contributed by atoms with van der Waals surface area (Å²) < 4.78 is 5.17. The molecule has 4 rings (SSSR count).